The van der Waals surface area contributed by atoms with Crippen LogP contribution in [-0.4, -0.2) is 24.6 Å². The fraction of sp³-hybridized carbons (Fsp3) is 0.250. The van der Waals surface area contributed by atoms with Crippen LogP contribution in [0.2, 0.25) is 5.02 Å². The lowest BCUT2D eigenvalue weighted by molar-refractivity contribution is -0.120. The number of hydrogen-bond acceptors (Lipinski definition) is 3. The molecule has 136 valence electrons. The third-order valence-corrected chi connectivity index (χ3v) is 4.09. The third kappa shape index (κ3) is 6.01. The average Bonchev–Trinajstić information content (AvgIpc) is 2.62. The van der Waals surface area contributed by atoms with Crippen LogP contribution in [0, 0.1) is 0 Å². The monoisotopic (exact) mass is 371 g/mol. The van der Waals surface area contributed by atoms with Crippen LogP contribution in [0.3, 0.4) is 0 Å². The van der Waals surface area contributed by atoms with E-state index in [0.29, 0.717) is 16.5 Å². The molecule has 0 saturated heterocycles. The van der Waals surface area contributed by atoms with Crippen LogP contribution in [-0.2, 0) is 4.79 Å². The second kappa shape index (κ2) is 9.73. The Hall–Kier alpha value is -2.66. The molecule has 0 radical (unpaired) electrons. The summed E-state index contributed by atoms with van der Waals surface area (Å²) in [6, 6.07) is 14.7. The second-order valence-electron chi connectivity index (χ2n) is 6.10. The lowest BCUT2D eigenvalue weighted by atomic mass is 10.0. The second-order valence-corrected chi connectivity index (χ2v) is 6.51. The van der Waals surface area contributed by atoms with E-state index in [0.717, 1.165) is 5.56 Å². The number of nitrogens with one attached hydrogen (secondary N) is 2. The molecule has 0 fully saturated rings. The zero-order chi connectivity index (χ0) is 18.9. The summed E-state index contributed by atoms with van der Waals surface area (Å²) in [5.74, 6) is -0.113. The maximum absolute atomic E-state index is 12.0. The van der Waals surface area contributed by atoms with Crippen molar-refractivity contribution in [2.24, 2.45) is 5.10 Å². The highest BCUT2D eigenvalue weighted by Crippen LogP contribution is 2.14. The lowest BCUT2D eigenvalue weighted by Crippen LogP contribution is -2.29. The molecule has 2 aromatic rings. The predicted octanol–water partition coefficient (Wildman–Crippen LogP) is 3.73. The normalized spacial score (nSPS) is 10.9. The predicted molar refractivity (Wildman–Crippen MR) is 105 cm³/mol. The van der Waals surface area contributed by atoms with Gasteiger partial charge in [0.15, 0.2) is 0 Å². The van der Waals surface area contributed by atoms with E-state index in [4.69, 9.17) is 11.6 Å². The molecule has 0 aliphatic carbocycles. The van der Waals surface area contributed by atoms with Gasteiger partial charge < -0.3 is 5.32 Å². The van der Waals surface area contributed by atoms with E-state index < -0.39 is 0 Å². The van der Waals surface area contributed by atoms with Gasteiger partial charge in [0, 0.05) is 13.0 Å². The number of hydrazone groups is 1. The molecule has 2 aromatic carbocycles. The molecule has 0 atom stereocenters. The van der Waals surface area contributed by atoms with Crippen molar-refractivity contribution in [2.45, 2.75) is 26.2 Å². The zero-order valence-corrected chi connectivity index (χ0v) is 15.6. The molecular formula is C20H22ClN3O2. The van der Waals surface area contributed by atoms with Gasteiger partial charge in [0.05, 0.1) is 16.8 Å². The molecule has 0 aromatic heterocycles. The molecule has 0 bridgehead atoms. The van der Waals surface area contributed by atoms with E-state index in [1.807, 2.05) is 24.3 Å². The van der Waals surface area contributed by atoms with Crippen LogP contribution in [0.15, 0.2) is 53.6 Å². The molecule has 2 rings (SSSR count). The summed E-state index contributed by atoms with van der Waals surface area (Å²) < 4.78 is 0. The Morgan fingerprint density at radius 2 is 1.81 bits per heavy atom. The van der Waals surface area contributed by atoms with Crippen LogP contribution < -0.4 is 10.7 Å². The molecule has 2 N–H and O–H groups in total. The van der Waals surface area contributed by atoms with Gasteiger partial charge >= 0.3 is 0 Å². The molecule has 0 spiro atoms. The summed E-state index contributed by atoms with van der Waals surface area (Å²) >= 11 is 5.96. The Morgan fingerprint density at radius 1 is 1.12 bits per heavy atom. The first-order valence-corrected chi connectivity index (χ1v) is 8.79. The van der Waals surface area contributed by atoms with Gasteiger partial charge in [-0.2, -0.15) is 5.10 Å². The van der Waals surface area contributed by atoms with Gasteiger partial charge in [-0.25, -0.2) is 5.43 Å². The molecule has 0 aliphatic heterocycles. The number of rotatable bonds is 7. The Labute approximate surface area is 158 Å². The quantitative estimate of drug-likeness (QED) is 0.575. The van der Waals surface area contributed by atoms with Gasteiger partial charge in [-0.15, -0.1) is 0 Å². The molecule has 5 nitrogen and oxygen atoms in total. The smallest absolute Gasteiger partial charge is 0.252 e. The van der Waals surface area contributed by atoms with Gasteiger partial charge in [0.1, 0.15) is 0 Å². The van der Waals surface area contributed by atoms with Crippen molar-refractivity contribution < 1.29 is 9.59 Å². The minimum Gasteiger partial charge on any atom is -0.351 e. The van der Waals surface area contributed by atoms with Crippen molar-refractivity contribution in [3.8, 4) is 0 Å². The van der Waals surface area contributed by atoms with E-state index in [2.05, 4.69) is 29.7 Å². The molecule has 0 aliphatic rings. The number of benzene rings is 2. The number of halogens is 1. The van der Waals surface area contributed by atoms with Gasteiger partial charge in [0.2, 0.25) is 5.91 Å². The molecule has 0 unspecified atom stereocenters. The van der Waals surface area contributed by atoms with Crippen molar-refractivity contribution in [1.82, 2.24) is 10.7 Å². The molecule has 0 heterocycles. The van der Waals surface area contributed by atoms with Crippen LogP contribution in [0.4, 0.5) is 0 Å². The largest absolute Gasteiger partial charge is 0.351 e. The SMILES string of the molecule is CC(C)c1ccc(/C=N/NC(=O)CCNC(=O)c2ccccc2Cl)cc1. The number of carbonyl (C=O) groups excluding carboxylic acids is 2. The van der Waals surface area contributed by atoms with Crippen LogP contribution in [0.25, 0.3) is 0 Å². The summed E-state index contributed by atoms with van der Waals surface area (Å²) in [7, 11) is 0. The van der Waals surface area contributed by atoms with Crippen LogP contribution in [0.1, 0.15) is 47.7 Å². The van der Waals surface area contributed by atoms with Crippen LogP contribution in [0.5, 0.6) is 0 Å². The number of carbonyl (C=O) groups is 2. The molecule has 0 saturated carbocycles. The minimum absolute atomic E-state index is 0.125. The van der Waals surface area contributed by atoms with Gasteiger partial charge in [-0.1, -0.05) is 61.8 Å². The first-order valence-electron chi connectivity index (χ1n) is 8.42. The highest BCUT2D eigenvalue weighted by molar-refractivity contribution is 6.33. The summed E-state index contributed by atoms with van der Waals surface area (Å²) in [5.41, 5.74) is 4.99. The molecular weight excluding hydrogens is 350 g/mol. The maximum Gasteiger partial charge on any atom is 0.252 e. The van der Waals surface area contributed by atoms with Crippen LogP contribution >= 0.6 is 11.6 Å². The number of hydrogen-bond donors (Lipinski definition) is 2. The first-order chi connectivity index (χ1) is 12.5. The van der Waals surface area contributed by atoms with E-state index in [9.17, 15) is 9.59 Å². The summed E-state index contributed by atoms with van der Waals surface area (Å²) in [6.07, 6.45) is 1.71. The fourth-order valence-corrected chi connectivity index (χ4v) is 2.45. The van der Waals surface area contributed by atoms with E-state index in [-0.39, 0.29) is 24.8 Å². The fourth-order valence-electron chi connectivity index (χ4n) is 2.23. The number of nitrogens with zero attached hydrogens (tertiary/aromatic N) is 1. The summed E-state index contributed by atoms with van der Waals surface area (Å²) in [6.45, 7) is 4.47. The van der Waals surface area contributed by atoms with E-state index >= 15 is 0 Å². The Morgan fingerprint density at radius 3 is 2.46 bits per heavy atom. The van der Waals surface area contributed by atoms with Crippen molar-refractivity contribution in [3.05, 3.63) is 70.2 Å². The first kappa shape index (κ1) is 19.7. The highest BCUT2D eigenvalue weighted by Gasteiger charge is 2.09. The Kier molecular flexibility index (Phi) is 7.36. The van der Waals surface area contributed by atoms with E-state index in [1.165, 1.54) is 5.56 Å². The summed E-state index contributed by atoms with van der Waals surface area (Å²) in [5, 5.41) is 6.96. The van der Waals surface area contributed by atoms with Crippen molar-refractivity contribution in [3.63, 3.8) is 0 Å². The highest BCUT2D eigenvalue weighted by atomic mass is 35.5. The van der Waals surface area contributed by atoms with Crippen molar-refractivity contribution in [1.29, 1.82) is 0 Å². The molecule has 2 amide bonds. The van der Waals surface area contributed by atoms with Gasteiger partial charge in [0.25, 0.3) is 5.91 Å². The third-order valence-electron chi connectivity index (χ3n) is 3.76. The van der Waals surface area contributed by atoms with Crippen molar-refractivity contribution in [2.75, 3.05) is 6.54 Å². The maximum atomic E-state index is 12.0. The number of amides is 2. The lowest BCUT2D eigenvalue weighted by Gasteiger charge is -2.06. The Balaban J connectivity index is 1.73. The summed E-state index contributed by atoms with van der Waals surface area (Å²) in [4.78, 5) is 23.7. The van der Waals surface area contributed by atoms with E-state index in [1.54, 1.807) is 30.5 Å². The average molecular weight is 372 g/mol. The van der Waals surface area contributed by atoms with Gasteiger partial charge in [-0.3, -0.25) is 9.59 Å². The van der Waals surface area contributed by atoms with Crippen molar-refractivity contribution >= 4 is 29.6 Å². The topological polar surface area (TPSA) is 70.6 Å². The molecule has 26 heavy (non-hydrogen) atoms. The zero-order valence-electron chi connectivity index (χ0n) is 14.8. The minimum atomic E-state index is -0.308. The Bertz CT molecular complexity index is 786. The standard InChI is InChI=1S/C20H22ClN3O2/c1-14(2)16-9-7-15(8-10-16)13-23-24-19(25)11-12-22-20(26)17-5-3-4-6-18(17)21/h3-10,13-14H,11-12H2,1-2H3,(H,22,26)(H,24,25)/b23-13+. The molecule has 6 heteroatoms. The van der Waals surface area contributed by atoms with Gasteiger partial charge in [-0.05, 0) is 29.2 Å².